The van der Waals surface area contributed by atoms with Gasteiger partial charge in [-0.3, -0.25) is 9.36 Å². The Balaban J connectivity index is 2.45. The van der Waals surface area contributed by atoms with E-state index in [0.29, 0.717) is 4.57 Å². The van der Waals surface area contributed by atoms with E-state index in [1.807, 2.05) is 20.8 Å². The van der Waals surface area contributed by atoms with Crippen molar-refractivity contribution in [2.75, 3.05) is 0 Å². The van der Waals surface area contributed by atoms with E-state index in [1.54, 1.807) is 0 Å². The van der Waals surface area contributed by atoms with Crippen molar-refractivity contribution in [1.82, 2.24) is 14.1 Å². The first-order valence-electron chi connectivity index (χ1n) is 7.93. The van der Waals surface area contributed by atoms with Crippen molar-refractivity contribution in [2.45, 2.75) is 32.4 Å². The summed E-state index contributed by atoms with van der Waals surface area (Å²) in [7, 11) is 0.876. The van der Waals surface area contributed by atoms with Crippen molar-refractivity contribution in [3.8, 4) is 5.69 Å². The highest BCUT2D eigenvalue weighted by Crippen LogP contribution is 2.34. The fourth-order valence-electron chi connectivity index (χ4n) is 2.67. The molecule has 3 aromatic rings. The standard InChI is InChI=1S/C17H14Cl2F3N3O3/c1-16(2,3)14-23-10-7(18)5-6-8(11(10)28-14)25-13(26)9(19)12(17(20,21)22)24(4)15(25)27/h5-6H,1-4H3. The van der Waals surface area contributed by atoms with Crippen molar-refractivity contribution >= 4 is 34.3 Å². The Morgan fingerprint density at radius 1 is 1.11 bits per heavy atom. The van der Waals surface area contributed by atoms with Crippen LogP contribution in [-0.4, -0.2) is 14.1 Å². The Bertz CT molecular complexity index is 1180. The molecule has 0 spiro atoms. The van der Waals surface area contributed by atoms with Gasteiger partial charge in [0.05, 0.1) is 10.7 Å². The highest BCUT2D eigenvalue weighted by molar-refractivity contribution is 6.35. The van der Waals surface area contributed by atoms with Crippen LogP contribution in [0.25, 0.3) is 16.8 Å². The maximum absolute atomic E-state index is 13.2. The molecule has 0 aliphatic carbocycles. The number of rotatable bonds is 1. The summed E-state index contributed by atoms with van der Waals surface area (Å²) in [6.07, 6.45) is -4.98. The van der Waals surface area contributed by atoms with Gasteiger partial charge in [0.15, 0.2) is 11.3 Å². The minimum Gasteiger partial charge on any atom is -0.438 e. The largest absolute Gasteiger partial charge is 0.438 e. The van der Waals surface area contributed by atoms with E-state index in [-0.39, 0.29) is 32.3 Å². The monoisotopic (exact) mass is 435 g/mol. The lowest BCUT2D eigenvalue weighted by Gasteiger charge is -2.16. The lowest BCUT2D eigenvalue weighted by molar-refractivity contribution is -0.143. The Hall–Kier alpha value is -2.26. The summed E-state index contributed by atoms with van der Waals surface area (Å²) in [4.78, 5) is 29.5. The molecule has 0 atom stereocenters. The molecule has 0 N–H and O–H groups in total. The zero-order valence-electron chi connectivity index (χ0n) is 15.1. The van der Waals surface area contributed by atoms with Crippen LogP contribution in [0.3, 0.4) is 0 Å². The average molecular weight is 436 g/mol. The molecule has 28 heavy (non-hydrogen) atoms. The average Bonchev–Trinajstić information content (AvgIpc) is 3.00. The van der Waals surface area contributed by atoms with E-state index < -0.39 is 33.6 Å². The van der Waals surface area contributed by atoms with Gasteiger partial charge >= 0.3 is 11.9 Å². The van der Waals surface area contributed by atoms with Crippen LogP contribution >= 0.6 is 23.2 Å². The summed E-state index contributed by atoms with van der Waals surface area (Å²) >= 11 is 11.8. The van der Waals surface area contributed by atoms with E-state index >= 15 is 0 Å². The van der Waals surface area contributed by atoms with Crippen LogP contribution in [0.5, 0.6) is 0 Å². The smallest absolute Gasteiger partial charge is 0.433 e. The number of aromatic nitrogens is 3. The molecule has 0 aliphatic heterocycles. The molecule has 2 aromatic heterocycles. The Labute approximate surface area is 166 Å². The molecule has 0 aliphatic rings. The second kappa shape index (κ2) is 6.38. The molecule has 0 bridgehead atoms. The summed E-state index contributed by atoms with van der Waals surface area (Å²) in [5.74, 6) is 0.278. The van der Waals surface area contributed by atoms with Gasteiger partial charge in [-0.1, -0.05) is 44.0 Å². The first kappa shape index (κ1) is 20.5. The molecule has 1 aromatic carbocycles. The van der Waals surface area contributed by atoms with Crippen LogP contribution in [0, 0.1) is 0 Å². The van der Waals surface area contributed by atoms with Crippen molar-refractivity contribution < 1.29 is 17.6 Å². The van der Waals surface area contributed by atoms with Crippen molar-refractivity contribution in [3.05, 3.63) is 54.6 Å². The predicted octanol–water partition coefficient (Wildman–Crippen LogP) is 4.30. The third-order valence-electron chi connectivity index (χ3n) is 4.04. The number of benzene rings is 1. The number of hydrogen-bond donors (Lipinski definition) is 0. The number of oxazole rings is 1. The first-order chi connectivity index (χ1) is 12.7. The summed E-state index contributed by atoms with van der Waals surface area (Å²) in [5.41, 5.74) is -4.55. The second-order valence-electron chi connectivity index (χ2n) is 7.16. The zero-order valence-corrected chi connectivity index (χ0v) is 16.6. The van der Waals surface area contributed by atoms with Gasteiger partial charge in [0.1, 0.15) is 10.5 Å². The molecule has 0 fully saturated rings. The molecule has 3 rings (SSSR count). The van der Waals surface area contributed by atoms with Gasteiger partial charge in [0, 0.05) is 12.5 Å². The van der Waals surface area contributed by atoms with E-state index in [4.69, 9.17) is 27.6 Å². The van der Waals surface area contributed by atoms with E-state index in [9.17, 15) is 22.8 Å². The first-order valence-corrected chi connectivity index (χ1v) is 8.69. The van der Waals surface area contributed by atoms with Gasteiger partial charge in [0.25, 0.3) is 5.56 Å². The van der Waals surface area contributed by atoms with Crippen LogP contribution < -0.4 is 11.2 Å². The van der Waals surface area contributed by atoms with Crippen LogP contribution in [0.2, 0.25) is 10.0 Å². The maximum Gasteiger partial charge on any atom is 0.433 e. The summed E-state index contributed by atoms with van der Waals surface area (Å²) in [6.45, 7) is 5.47. The zero-order chi connectivity index (χ0) is 21.2. The van der Waals surface area contributed by atoms with Crippen LogP contribution in [0.1, 0.15) is 32.4 Å². The minimum absolute atomic E-state index is 0.00699. The highest BCUT2D eigenvalue weighted by atomic mass is 35.5. The lowest BCUT2D eigenvalue weighted by atomic mass is 9.97. The van der Waals surface area contributed by atoms with Gasteiger partial charge in [-0.25, -0.2) is 14.3 Å². The van der Waals surface area contributed by atoms with E-state index in [1.165, 1.54) is 12.1 Å². The molecular weight excluding hydrogens is 422 g/mol. The molecule has 0 saturated heterocycles. The van der Waals surface area contributed by atoms with Crippen molar-refractivity contribution in [3.63, 3.8) is 0 Å². The summed E-state index contributed by atoms with van der Waals surface area (Å²) in [6, 6.07) is 2.65. The second-order valence-corrected chi connectivity index (χ2v) is 7.94. The molecular formula is C17H14Cl2F3N3O3. The minimum atomic E-state index is -4.98. The molecule has 150 valence electrons. The Kier molecular flexibility index (Phi) is 4.67. The lowest BCUT2D eigenvalue weighted by Crippen LogP contribution is -2.41. The van der Waals surface area contributed by atoms with Gasteiger partial charge in [0.2, 0.25) is 5.89 Å². The van der Waals surface area contributed by atoms with Crippen molar-refractivity contribution in [2.24, 2.45) is 7.05 Å². The van der Waals surface area contributed by atoms with Crippen molar-refractivity contribution in [1.29, 1.82) is 0 Å². The Morgan fingerprint density at radius 3 is 2.25 bits per heavy atom. The molecule has 6 nitrogen and oxygen atoms in total. The van der Waals surface area contributed by atoms with Gasteiger partial charge in [-0.2, -0.15) is 13.2 Å². The number of halogens is 5. The fourth-order valence-corrected chi connectivity index (χ4v) is 3.17. The van der Waals surface area contributed by atoms with Crippen LogP contribution in [0.15, 0.2) is 26.1 Å². The normalized spacial score (nSPS) is 12.8. The summed E-state index contributed by atoms with van der Waals surface area (Å²) in [5, 5.41) is -0.936. The molecule has 0 saturated carbocycles. The topological polar surface area (TPSA) is 70.0 Å². The quantitative estimate of drug-likeness (QED) is 0.571. The number of nitrogens with zero attached hydrogens (tertiary/aromatic N) is 3. The van der Waals surface area contributed by atoms with Crippen LogP contribution in [-0.2, 0) is 18.6 Å². The molecule has 0 radical (unpaired) electrons. The third kappa shape index (κ3) is 3.12. The predicted molar refractivity (Wildman–Crippen MR) is 98.6 cm³/mol. The van der Waals surface area contributed by atoms with Gasteiger partial charge in [-0.05, 0) is 12.1 Å². The van der Waals surface area contributed by atoms with Gasteiger partial charge in [-0.15, -0.1) is 0 Å². The Morgan fingerprint density at radius 2 is 1.71 bits per heavy atom. The maximum atomic E-state index is 13.2. The van der Waals surface area contributed by atoms with Crippen LogP contribution in [0.4, 0.5) is 13.2 Å². The number of alkyl halides is 3. The van der Waals surface area contributed by atoms with E-state index in [2.05, 4.69) is 4.98 Å². The molecule has 2 heterocycles. The third-order valence-corrected chi connectivity index (χ3v) is 4.68. The molecule has 0 amide bonds. The molecule has 0 unspecified atom stereocenters. The van der Waals surface area contributed by atoms with Gasteiger partial charge < -0.3 is 4.42 Å². The number of fused-ring (bicyclic) bond motifs is 1. The summed E-state index contributed by atoms with van der Waals surface area (Å²) < 4.78 is 46.1. The highest BCUT2D eigenvalue weighted by Gasteiger charge is 2.39. The molecule has 11 heteroatoms. The number of hydrogen-bond acceptors (Lipinski definition) is 4. The fraction of sp³-hybridized carbons (Fsp3) is 0.353. The van der Waals surface area contributed by atoms with E-state index in [0.717, 1.165) is 7.05 Å². The SMILES string of the molecule is Cn1c(C(F)(F)F)c(Cl)c(=O)n(-c2ccc(Cl)c3nc(C(C)(C)C)oc23)c1=O.